The average molecular weight is 235 g/mol. The molecule has 5 nitrogen and oxygen atoms in total. The molecule has 1 aromatic rings. The monoisotopic (exact) mass is 235 g/mol. The molecule has 92 valence electrons. The highest BCUT2D eigenvalue weighted by atomic mass is 16.2. The van der Waals surface area contributed by atoms with Crippen LogP contribution in [-0.2, 0) is 11.3 Å². The highest BCUT2D eigenvalue weighted by molar-refractivity contribution is 5.76. The number of nitrogens with zero attached hydrogens (tertiary/aromatic N) is 2. The van der Waals surface area contributed by atoms with Crippen molar-refractivity contribution in [2.45, 2.75) is 45.2 Å². The molecule has 1 fully saturated rings. The molecule has 1 N–H and O–H groups in total. The molecule has 1 saturated carbocycles. The van der Waals surface area contributed by atoms with Gasteiger partial charge in [-0.15, -0.1) is 0 Å². The normalized spacial score (nSPS) is 16.1. The Hall–Kier alpha value is -1.65. The first-order chi connectivity index (χ1) is 8.16. The van der Waals surface area contributed by atoms with Crippen molar-refractivity contribution < 1.29 is 4.79 Å². The van der Waals surface area contributed by atoms with Gasteiger partial charge in [0.05, 0.1) is 6.33 Å². The van der Waals surface area contributed by atoms with Crippen molar-refractivity contribution in [3.63, 3.8) is 0 Å². The Balaban J connectivity index is 1.98. The largest absolute Gasteiger partial charge is 0.352 e. The van der Waals surface area contributed by atoms with Crippen molar-refractivity contribution in [1.29, 1.82) is 0 Å². The molecule has 0 unspecified atom stereocenters. The molecule has 0 aliphatic heterocycles. The number of amides is 1. The molecule has 1 aliphatic carbocycles. The summed E-state index contributed by atoms with van der Waals surface area (Å²) >= 11 is 0. The first-order valence-corrected chi connectivity index (χ1v) is 5.97. The van der Waals surface area contributed by atoms with Crippen LogP contribution in [0.15, 0.2) is 17.3 Å². The molecule has 0 bridgehead atoms. The molecule has 0 spiro atoms. The lowest BCUT2D eigenvalue weighted by molar-refractivity contribution is -0.122. The molecule has 0 radical (unpaired) electrons. The van der Waals surface area contributed by atoms with E-state index < -0.39 is 0 Å². The molecule has 1 amide bonds. The topological polar surface area (TPSA) is 64.0 Å². The van der Waals surface area contributed by atoms with Gasteiger partial charge in [0.2, 0.25) is 5.91 Å². The first-order valence-electron chi connectivity index (χ1n) is 5.97. The third-order valence-corrected chi connectivity index (χ3v) is 3.11. The fraction of sp³-hybridized carbons (Fsp3) is 0.583. The first kappa shape index (κ1) is 11.8. The van der Waals surface area contributed by atoms with Crippen LogP contribution < -0.4 is 10.9 Å². The molecule has 1 heterocycles. The molecule has 5 heteroatoms. The summed E-state index contributed by atoms with van der Waals surface area (Å²) in [7, 11) is 0. The molecular weight excluding hydrogens is 218 g/mol. The standard InChI is InChI=1S/C12H17N3O2/c1-9-6-13-8-15(12(9)17)7-11(16)14-10-4-2-3-5-10/h6,8,10H,2-5,7H2,1H3,(H,14,16). The average Bonchev–Trinajstić information content (AvgIpc) is 2.77. The molecule has 0 saturated heterocycles. The van der Waals surface area contributed by atoms with Crippen molar-refractivity contribution in [3.05, 3.63) is 28.4 Å². The van der Waals surface area contributed by atoms with Gasteiger partial charge in [-0.2, -0.15) is 0 Å². The molecular formula is C12H17N3O2. The van der Waals surface area contributed by atoms with Crippen molar-refractivity contribution in [2.24, 2.45) is 0 Å². The highest BCUT2D eigenvalue weighted by Gasteiger charge is 2.17. The Morgan fingerprint density at radius 1 is 1.53 bits per heavy atom. The number of aryl methyl sites for hydroxylation is 1. The minimum Gasteiger partial charge on any atom is -0.352 e. The number of carbonyl (C=O) groups is 1. The van der Waals surface area contributed by atoms with Gasteiger partial charge in [0.1, 0.15) is 6.54 Å². The van der Waals surface area contributed by atoms with Crippen LogP contribution >= 0.6 is 0 Å². The quantitative estimate of drug-likeness (QED) is 0.835. The van der Waals surface area contributed by atoms with E-state index in [4.69, 9.17) is 0 Å². The minimum atomic E-state index is -0.151. The summed E-state index contributed by atoms with van der Waals surface area (Å²) < 4.78 is 1.35. The second kappa shape index (κ2) is 5.12. The molecule has 2 rings (SSSR count). The van der Waals surface area contributed by atoms with Crippen LogP contribution in [0.5, 0.6) is 0 Å². The maximum Gasteiger partial charge on any atom is 0.256 e. The van der Waals surface area contributed by atoms with Gasteiger partial charge in [-0.3, -0.25) is 14.2 Å². The van der Waals surface area contributed by atoms with Crippen molar-refractivity contribution >= 4 is 5.91 Å². The molecule has 0 atom stereocenters. The van der Waals surface area contributed by atoms with E-state index in [2.05, 4.69) is 10.3 Å². The number of hydrogen-bond acceptors (Lipinski definition) is 3. The van der Waals surface area contributed by atoms with E-state index in [1.807, 2.05) is 0 Å². The van der Waals surface area contributed by atoms with E-state index in [1.165, 1.54) is 29.9 Å². The summed E-state index contributed by atoms with van der Waals surface area (Å²) in [6.07, 6.45) is 7.37. The predicted octanol–water partition coefficient (Wildman–Crippen LogP) is 0.611. The number of carbonyl (C=O) groups excluding carboxylic acids is 1. The van der Waals surface area contributed by atoms with E-state index >= 15 is 0 Å². The molecule has 17 heavy (non-hydrogen) atoms. The van der Waals surface area contributed by atoms with Crippen LogP contribution in [0.2, 0.25) is 0 Å². The Bertz CT molecular complexity index is 461. The van der Waals surface area contributed by atoms with Crippen molar-refractivity contribution in [1.82, 2.24) is 14.9 Å². The summed E-state index contributed by atoms with van der Waals surface area (Å²) in [5.74, 6) is -0.105. The lowest BCUT2D eigenvalue weighted by Gasteiger charge is -2.12. The van der Waals surface area contributed by atoms with Crippen LogP contribution in [0.4, 0.5) is 0 Å². The third kappa shape index (κ3) is 2.93. The van der Waals surface area contributed by atoms with Gasteiger partial charge in [0, 0.05) is 17.8 Å². The van der Waals surface area contributed by atoms with Gasteiger partial charge in [-0.1, -0.05) is 12.8 Å². The summed E-state index contributed by atoms with van der Waals surface area (Å²) in [6.45, 7) is 1.75. The van der Waals surface area contributed by atoms with Crippen molar-refractivity contribution in [3.8, 4) is 0 Å². The van der Waals surface area contributed by atoms with Crippen LogP contribution in [-0.4, -0.2) is 21.5 Å². The van der Waals surface area contributed by atoms with E-state index in [-0.39, 0.29) is 24.1 Å². The fourth-order valence-corrected chi connectivity index (χ4v) is 2.17. The van der Waals surface area contributed by atoms with E-state index in [0.29, 0.717) is 5.56 Å². The van der Waals surface area contributed by atoms with E-state index in [9.17, 15) is 9.59 Å². The van der Waals surface area contributed by atoms with E-state index in [0.717, 1.165) is 12.8 Å². The SMILES string of the molecule is Cc1cncn(CC(=O)NC2CCCC2)c1=O. The Morgan fingerprint density at radius 2 is 2.24 bits per heavy atom. The van der Waals surface area contributed by atoms with E-state index in [1.54, 1.807) is 6.92 Å². The maximum absolute atomic E-state index is 11.7. The van der Waals surface area contributed by atoms with Gasteiger partial charge >= 0.3 is 0 Å². The van der Waals surface area contributed by atoms with Gasteiger partial charge in [-0.25, -0.2) is 4.98 Å². The number of rotatable bonds is 3. The number of nitrogens with one attached hydrogen (secondary N) is 1. The summed E-state index contributed by atoms with van der Waals surface area (Å²) in [4.78, 5) is 27.3. The molecule has 0 aromatic carbocycles. The lowest BCUT2D eigenvalue weighted by Crippen LogP contribution is -2.37. The fourth-order valence-electron chi connectivity index (χ4n) is 2.17. The van der Waals surface area contributed by atoms with Gasteiger partial charge in [0.25, 0.3) is 5.56 Å². The summed E-state index contributed by atoms with van der Waals surface area (Å²) in [6, 6.07) is 0.288. The van der Waals surface area contributed by atoms with Gasteiger partial charge in [-0.05, 0) is 19.8 Å². The zero-order valence-corrected chi connectivity index (χ0v) is 9.98. The smallest absolute Gasteiger partial charge is 0.256 e. The summed E-state index contributed by atoms with van der Waals surface area (Å²) in [5, 5.41) is 2.95. The van der Waals surface area contributed by atoms with Gasteiger partial charge < -0.3 is 5.32 Å². The Labute approximate surface area is 99.9 Å². The second-order valence-electron chi connectivity index (χ2n) is 4.56. The Morgan fingerprint density at radius 3 is 2.94 bits per heavy atom. The van der Waals surface area contributed by atoms with Crippen LogP contribution in [0.3, 0.4) is 0 Å². The number of hydrogen-bond donors (Lipinski definition) is 1. The second-order valence-corrected chi connectivity index (χ2v) is 4.56. The Kier molecular flexibility index (Phi) is 3.56. The van der Waals surface area contributed by atoms with Crippen molar-refractivity contribution in [2.75, 3.05) is 0 Å². The zero-order chi connectivity index (χ0) is 12.3. The molecule has 1 aromatic heterocycles. The zero-order valence-electron chi connectivity index (χ0n) is 9.98. The number of aromatic nitrogens is 2. The predicted molar refractivity (Wildman–Crippen MR) is 63.6 cm³/mol. The van der Waals surface area contributed by atoms with Gasteiger partial charge in [0.15, 0.2) is 0 Å². The van der Waals surface area contributed by atoms with Crippen LogP contribution in [0.25, 0.3) is 0 Å². The van der Waals surface area contributed by atoms with Crippen LogP contribution in [0.1, 0.15) is 31.2 Å². The molecule has 1 aliphatic rings. The maximum atomic E-state index is 11.7. The lowest BCUT2D eigenvalue weighted by atomic mass is 10.2. The summed E-state index contributed by atoms with van der Waals surface area (Å²) in [5.41, 5.74) is 0.405. The van der Waals surface area contributed by atoms with Crippen LogP contribution in [0, 0.1) is 6.92 Å². The highest BCUT2D eigenvalue weighted by Crippen LogP contribution is 2.17. The minimum absolute atomic E-state index is 0.0595. The third-order valence-electron chi connectivity index (χ3n) is 3.11.